The van der Waals surface area contributed by atoms with Crippen molar-refractivity contribution in [2.75, 3.05) is 79.0 Å². The highest BCUT2D eigenvalue weighted by molar-refractivity contribution is 7.91. The fraction of sp³-hybridized carbons (Fsp3) is 0.605. The van der Waals surface area contributed by atoms with Crippen molar-refractivity contribution in [3.05, 3.63) is 48.5 Å². The molecule has 0 spiro atoms. The molecule has 0 aromatic heterocycles. The van der Waals surface area contributed by atoms with Gasteiger partial charge < -0.3 is 42.8 Å². The molecule has 0 N–H and O–H groups in total. The van der Waals surface area contributed by atoms with E-state index in [9.17, 15) is 32.4 Å². The van der Waals surface area contributed by atoms with Gasteiger partial charge in [0.05, 0.1) is 100 Å². The van der Waals surface area contributed by atoms with Crippen LogP contribution in [0.1, 0.15) is 40.5 Å². The summed E-state index contributed by atoms with van der Waals surface area (Å²) >= 11 is 0. The molecule has 342 valence electrons. The lowest BCUT2D eigenvalue weighted by Crippen LogP contribution is -2.66. The number of benzene rings is 2. The van der Waals surface area contributed by atoms with Gasteiger partial charge in [-0.15, -0.1) is 0 Å². The Hall–Kier alpha value is -4.70. The summed E-state index contributed by atoms with van der Waals surface area (Å²) in [7, 11) is -3.57. The van der Waals surface area contributed by atoms with Crippen molar-refractivity contribution in [1.29, 1.82) is 0 Å². The summed E-state index contributed by atoms with van der Waals surface area (Å²) in [4.78, 5) is 68.0. The summed E-state index contributed by atoms with van der Waals surface area (Å²) in [6.45, 7) is 13.4. The summed E-state index contributed by atoms with van der Waals surface area (Å²) in [5.41, 5.74) is -1.89. The van der Waals surface area contributed by atoms with Crippen molar-refractivity contribution in [3.8, 4) is 11.5 Å². The lowest BCUT2D eigenvalue weighted by molar-refractivity contribution is -0.159. The predicted octanol–water partition coefficient (Wildman–Crippen LogP) is 2.28. The van der Waals surface area contributed by atoms with Crippen LogP contribution >= 0.6 is 0 Å². The zero-order valence-corrected chi connectivity index (χ0v) is 36.6. The molecule has 6 unspecified atom stereocenters. The summed E-state index contributed by atoms with van der Waals surface area (Å²) in [6, 6.07) is 12.1. The minimum Gasteiger partial charge on any atom is -0.491 e. The Kier molecular flexibility index (Phi) is 12.9. The molecule has 0 saturated carbocycles. The van der Waals surface area contributed by atoms with Gasteiger partial charge in [-0.2, -0.15) is 0 Å². The summed E-state index contributed by atoms with van der Waals surface area (Å²) < 4.78 is 67.0. The lowest BCUT2D eigenvalue weighted by atomic mass is 9.78. The van der Waals surface area contributed by atoms with Crippen LogP contribution in [0.3, 0.4) is 0 Å². The molecule has 19 nitrogen and oxygen atoms in total. The number of rotatable bonds is 18. The molecule has 0 aliphatic carbocycles. The van der Waals surface area contributed by atoms with Gasteiger partial charge in [0.15, 0.2) is 0 Å². The van der Waals surface area contributed by atoms with Crippen molar-refractivity contribution in [1.82, 2.24) is 19.6 Å². The Bertz CT molecular complexity index is 2040. The van der Waals surface area contributed by atoms with Gasteiger partial charge in [0.25, 0.3) is 5.91 Å². The first-order valence-electron chi connectivity index (χ1n) is 21.4. The third-order valence-electron chi connectivity index (χ3n) is 12.0. The second-order valence-electron chi connectivity index (χ2n) is 17.1. The zero-order valence-electron chi connectivity index (χ0n) is 35.8. The van der Waals surface area contributed by atoms with Crippen LogP contribution in [0.15, 0.2) is 58.3 Å². The summed E-state index contributed by atoms with van der Waals surface area (Å²) in [6.07, 6.45) is 1.06. The number of carbonyl (C=O) groups excluding carboxylic acids is 5. The van der Waals surface area contributed by atoms with Crippen LogP contribution in [0.2, 0.25) is 0 Å². The number of epoxide rings is 6. The number of ether oxygens (including phenoxy) is 8. The smallest absolute Gasteiger partial charge is 0.333 e. The number of amides is 7. The van der Waals surface area contributed by atoms with Gasteiger partial charge in [0.2, 0.25) is 21.7 Å². The Morgan fingerprint density at radius 2 is 0.857 bits per heavy atom. The van der Waals surface area contributed by atoms with Gasteiger partial charge in [-0.25, -0.2) is 18.0 Å². The number of sulfone groups is 1. The van der Waals surface area contributed by atoms with E-state index < -0.39 is 26.8 Å². The minimum absolute atomic E-state index is 0.0378. The zero-order chi connectivity index (χ0) is 44.7. The van der Waals surface area contributed by atoms with E-state index in [0.717, 1.165) is 13.2 Å². The molecule has 0 bridgehead atoms. The Morgan fingerprint density at radius 3 is 1.19 bits per heavy atom. The van der Waals surface area contributed by atoms with E-state index in [4.69, 9.17) is 37.9 Å². The molecular weight excluding hydrogens is 845 g/mol. The maximum atomic E-state index is 12.7. The molecule has 2 aromatic carbocycles. The van der Waals surface area contributed by atoms with Gasteiger partial charge >= 0.3 is 12.1 Å². The van der Waals surface area contributed by atoms with E-state index in [0.29, 0.717) is 77.1 Å². The molecule has 10 rings (SSSR count). The highest BCUT2D eigenvalue weighted by Gasteiger charge is 2.57. The molecule has 63 heavy (non-hydrogen) atoms. The van der Waals surface area contributed by atoms with Crippen LogP contribution in [0, 0.1) is 5.41 Å². The van der Waals surface area contributed by atoms with Crippen molar-refractivity contribution < 1.29 is 70.3 Å². The van der Waals surface area contributed by atoms with Gasteiger partial charge in [-0.3, -0.25) is 29.1 Å². The van der Waals surface area contributed by atoms with Gasteiger partial charge in [-0.1, -0.05) is 13.8 Å². The normalized spacial score (nSPS) is 28.2. The molecule has 20 heteroatoms. The monoisotopic (exact) mass is 898 g/mol. The molecule has 7 amide bonds. The minimum atomic E-state index is -3.57. The number of hydrogen-bond acceptors (Lipinski definition) is 15. The Morgan fingerprint density at radius 1 is 0.524 bits per heavy atom. The number of imide groups is 3. The maximum Gasteiger partial charge on any atom is 0.333 e. The molecule has 2 aromatic rings. The van der Waals surface area contributed by atoms with Gasteiger partial charge in [-0.05, 0) is 75.2 Å². The highest BCUT2D eigenvalue weighted by Crippen LogP contribution is 2.38. The van der Waals surface area contributed by atoms with Crippen LogP contribution in [0.25, 0.3) is 0 Å². The maximum absolute atomic E-state index is 12.7. The Labute approximate surface area is 365 Å². The molecule has 8 aliphatic heterocycles. The average molecular weight is 899 g/mol. The number of carbonyl (C=O) groups is 5. The fourth-order valence-electron chi connectivity index (χ4n) is 7.27. The quantitative estimate of drug-likeness (QED) is 0.119. The van der Waals surface area contributed by atoms with Crippen LogP contribution in [-0.4, -0.2) is 179 Å². The third-order valence-corrected chi connectivity index (χ3v) is 13.8. The van der Waals surface area contributed by atoms with Crippen molar-refractivity contribution in [2.24, 2.45) is 5.41 Å². The fourth-order valence-corrected chi connectivity index (χ4v) is 8.53. The average Bonchev–Trinajstić information content (AvgIpc) is 4.07. The SMILES string of the molecule is CC1(C)C(=O)N(CC2CO2)C(=O)N1CC1CO1.CCC1(CC)C(=O)N(CC2CO2)C(=O)N(CC2CO2)C1=O.O=S(=O)(c1ccc(OCC2CO2)cc1)c1ccc(OCC2CO2)cc1. The van der Waals surface area contributed by atoms with Crippen molar-refractivity contribution >= 4 is 39.6 Å². The number of urea groups is 2. The largest absolute Gasteiger partial charge is 0.491 e. The van der Waals surface area contributed by atoms with Gasteiger partial charge in [0, 0.05) is 0 Å². The molecule has 8 saturated heterocycles. The van der Waals surface area contributed by atoms with E-state index in [1.165, 1.54) is 14.7 Å². The van der Waals surface area contributed by atoms with Crippen LogP contribution in [0.4, 0.5) is 9.59 Å². The van der Waals surface area contributed by atoms with E-state index in [2.05, 4.69) is 0 Å². The molecule has 8 heterocycles. The number of nitrogens with zero attached hydrogens (tertiary/aromatic N) is 4. The first-order chi connectivity index (χ1) is 30.1. The van der Waals surface area contributed by atoms with E-state index in [1.807, 2.05) is 13.8 Å². The third kappa shape index (κ3) is 10.5. The number of hydrogen-bond donors (Lipinski definition) is 0. The predicted molar refractivity (Wildman–Crippen MR) is 217 cm³/mol. The first-order valence-corrected chi connectivity index (χ1v) is 22.8. The van der Waals surface area contributed by atoms with Crippen molar-refractivity contribution in [2.45, 2.75) is 92.5 Å². The molecule has 0 radical (unpaired) electrons. The van der Waals surface area contributed by atoms with E-state index >= 15 is 0 Å². The Balaban J connectivity index is 0.000000132. The van der Waals surface area contributed by atoms with Crippen LogP contribution in [0.5, 0.6) is 11.5 Å². The standard InChI is InChI=1S/C18H18O6S.C14H20N2O5.C11H16N2O4/c19-25(20,17-5-1-13(2-6-17)21-9-15-11-23-15)18-7-3-14(4-8-18)22-10-16-12-24-16;1-3-14(4-2)11(17)15(5-9-7-20-9)13(19)16(12(14)18)6-10-8-21-10;1-11(2)9(14)12(3-7-5-16-7)10(15)13(11)4-8-6-17-8/h1-8,15-16H,9-12H2;9-10H,3-8H2,1-2H3;7-8H,3-6H2,1-2H3. The topological polar surface area (TPSA) is 226 Å². The molecule has 8 aliphatic rings. The molecular formula is C43H54N4O15S. The second kappa shape index (κ2) is 18.1. The van der Waals surface area contributed by atoms with Crippen LogP contribution in [-0.2, 0) is 52.6 Å². The second-order valence-corrected chi connectivity index (χ2v) is 19.0. The molecule has 6 atom stereocenters. The van der Waals surface area contributed by atoms with Crippen molar-refractivity contribution in [3.63, 3.8) is 0 Å². The summed E-state index contributed by atoms with van der Waals surface area (Å²) in [5, 5.41) is 0. The number of barbiturate groups is 1. The molecule has 8 fully saturated rings. The highest BCUT2D eigenvalue weighted by atomic mass is 32.2. The van der Waals surface area contributed by atoms with E-state index in [-0.39, 0.29) is 83.3 Å². The first kappa shape index (κ1) is 44.9. The van der Waals surface area contributed by atoms with Gasteiger partial charge in [0.1, 0.15) is 47.9 Å². The van der Waals surface area contributed by atoms with E-state index in [1.54, 1.807) is 67.3 Å². The lowest BCUT2D eigenvalue weighted by Gasteiger charge is -2.43. The van der Waals surface area contributed by atoms with Crippen LogP contribution < -0.4 is 9.47 Å². The summed E-state index contributed by atoms with van der Waals surface area (Å²) in [5.74, 6) is 0.344.